The number of amides is 2. The Bertz CT molecular complexity index is 1010. The predicted molar refractivity (Wildman–Crippen MR) is 135 cm³/mol. The normalized spacial score (nSPS) is 21.2. The fourth-order valence-electron chi connectivity index (χ4n) is 5.36. The van der Waals surface area contributed by atoms with Gasteiger partial charge in [0.1, 0.15) is 5.75 Å². The van der Waals surface area contributed by atoms with Gasteiger partial charge in [0.15, 0.2) is 5.13 Å². The summed E-state index contributed by atoms with van der Waals surface area (Å²) >= 11 is 1.48. The number of ether oxygens (including phenoxy) is 1. The van der Waals surface area contributed by atoms with Crippen molar-refractivity contribution in [1.29, 1.82) is 0 Å². The monoisotopic (exact) mass is 479 g/mol. The molecule has 0 spiro atoms. The van der Waals surface area contributed by atoms with Crippen LogP contribution in [0.15, 0.2) is 54.6 Å². The van der Waals surface area contributed by atoms with Crippen molar-refractivity contribution < 1.29 is 9.53 Å². The first kappa shape index (κ1) is 22.9. The van der Waals surface area contributed by atoms with E-state index in [0.29, 0.717) is 23.1 Å². The van der Waals surface area contributed by atoms with Gasteiger partial charge in [-0.3, -0.25) is 5.32 Å². The van der Waals surface area contributed by atoms with E-state index in [4.69, 9.17) is 4.74 Å². The van der Waals surface area contributed by atoms with Gasteiger partial charge in [0.25, 0.3) is 0 Å². The van der Waals surface area contributed by atoms with E-state index in [-0.39, 0.29) is 6.03 Å². The summed E-state index contributed by atoms with van der Waals surface area (Å²) in [6, 6.07) is 8.83. The molecular weight excluding hydrogens is 446 g/mol. The maximum Gasteiger partial charge on any atom is 0.324 e. The highest BCUT2D eigenvalue weighted by Gasteiger charge is 2.34. The number of hydrogen-bond donors (Lipinski definition) is 1. The number of hydrogen-bond acceptors (Lipinski definition) is 5. The van der Waals surface area contributed by atoms with Crippen molar-refractivity contribution in [3.05, 3.63) is 54.6 Å². The van der Waals surface area contributed by atoms with Crippen LogP contribution in [0.25, 0.3) is 5.69 Å². The lowest BCUT2D eigenvalue weighted by molar-refractivity contribution is 0.0935. The molecule has 2 fully saturated rings. The first-order valence-electron chi connectivity index (χ1n) is 12.5. The number of benzene rings is 1. The van der Waals surface area contributed by atoms with E-state index in [1.54, 1.807) is 18.7 Å². The Labute approximate surface area is 205 Å². The van der Waals surface area contributed by atoms with Crippen LogP contribution in [0, 0.1) is 5.92 Å². The number of urea groups is 1. The highest BCUT2D eigenvalue weighted by atomic mass is 32.1. The Morgan fingerprint density at radius 1 is 1.03 bits per heavy atom. The Kier molecular flexibility index (Phi) is 7.43. The number of carbonyl (C=O) groups excluding carboxylic acids is 1. The van der Waals surface area contributed by atoms with Crippen molar-refractivity contribution in [2.75, 3.05) is 11.9 Å². The van der Waals surface area contributed by atoms with Gasteiger partial charge in [-0.15, -0.1) is 11.3 Å². The zero-order valence-electron chi connectivity index (χ0n) is 19.5. The van der Waals surface area contributed by atoms with Crippen molar-refractivity contribution in [3.8, 4) is 11.4 Å². The Balaban J connectivity index is 1.15. The van der Waals surface area contributed by atoms with Gasteiger partial charge in [-0.2, -0.15) is 0 Å². The standard InChI is InChI=1S/C26H33N5O2S/c32-26(29-25-28-15-17-34-25)31(22-4-2-1-3-5-22)23-8-6-20(7-9-23)18-33-24-12-10-21(11-13-24)30-16-14-27-19-30/h10-17,19-20,22-23H,1-9,18H2,(H,28,29,32). The molecule has 2 amide bonds. The number of rotatable bonds is 7. The van der Waals surface area contributed by atoms with Crippen molar-refractivity contribution in [2.45, 2.75) is 69.9 Å². The SMILES string of the molecule is O=C(Nc1nccs1)N(C1CCCCC1)C1CCC(COc2ccc(-n3ccnc3)cc2)CC1. The molecule has 8 heteroatoms. The van der Waals surface area contributed by atoms with Crippen molar-refractivity contribution >= 4 is 22.5 Å². The molecule has 0 radical (unpaired) electrons. The zero-order chi connectivity index (χ0) is 23.2. The first-order chi connectivity index (χ1) is 16.8. The van der Waals surface area contributed by atoms with Crippen molar-refractivity contribution in [1.82, 2.24) is 19.4 Å². The van der Waals surface area contributed by atoms with E-state index in [1.165, 1.54) is 30.6 Å². The van der Waals surface area contributed by atoms with Crippen LogP contribution in [0.4, 0.5) is 9.93 Å². The molecule has 0 bridgehead atoms. The lowest BCUT2D eigenvalue weighted by Crippen LogP contribution is -2.51. The molecule has 7 nitrogen and oxygen atoms in total. The Hall–Kier alpha value is -2.87. The summed E-state index contributed by atoms with van der Waals surface area (Å²) in [6.07, 6.45) is 17.4. The molecule has 1 N–H and O–H groups in total. The molecular formula is C26H33N5O2S. The summed E-state index contributed by atoms with van der Waals surface area (Å²) in [6.45, 7) is 0.728. The minimum absolute atomic E-state index is 0.0273. The highest BCUT2D eigenvalue weighted by Crippen LogP contribution is 2.33. The molecule has 2 heterocycles. The lowest BCUT2D eigenvalue weighted by Gasteiger charge is -2.42. The summed E-state index contributed by atoms with van der Waals surface area (Å²) in [5.41, 5.74) is 1.07. The number of nitrogens with zero attached hydrogens (tertiary/aromatic N) is 4. The Morgan fingerprint density at radius 2 is 1.79 bits per heavy atom. The van der Waals surface area contributed by atoms with Gasteiger partial charge in [0.2, 0.25) is 0 Å². The van der Waals surface area contributed by atoms with Crippen molar-refractivity contribution in [2.24, 2.45) is 5.92 Å². The molecule has 2 aliphatic carbocycles. The smallest absolute Gasteiger partial charge is 0.324 e. The van der Waals surface area contributed by atoms with Gasteiger partial charge in [-0.25, -0.2) is 14.8 Å². The van der Waals surface area contributed by atoms with Crippen LogP contribution >= 0.6 is 11.3 Å². The van der Waals surface area contributed by atoms with Gasteiger partial charge in [0, 0.05) is 41.7 Å². The minimum Gasteiger partial charge on any atom is -0.493 e. The summed E-state index contributed by atoms with van der Waals surface area (Å²) in [5.74, 6) is 1.43. The van der Waals surface area contributed by atoms with E-state index in [0.717, 1.165) is 56.6 Å². The van der Waals surface area contributed by atoms with Crippen LogP contribution in [-0.4, -0.2) is 44.2 Å². The largest absolute Gasteiger partial charge is 0.493 e. The van der Waals surface area contributed by atoms with Gasteiger partial charge < -0.3 is 14.2 Å². The zero-order valence-corrected chi connectivity index (χ0v) is 20.3. The summed E-state index contributed by atoms with van der Waals surface area (Å²) in [7, 11) is 0. The van der Waals surface area contributed by atoms with Crippen molar-refractivity contribution in [3.63, 3.8) is 0 Å². The van der Waals surface area contributed by atoms with Crippen LogP contribution in [0.1, 0.15) is 57.8 Å². The summed E-state index contributed by atoms with van der Waals surface area (Å²) in [5, 5.41) is 5.64. The second-order valence-electron chi connectivity index (χ2n) is 9.42. The molecule has 0 aliphatic heterocycles. The van der Waals surface area contributed by atoms with Gasteiger partial charge in [0.05, 0.1) is 12.9 Å². The third kappa shape index (κ3) is 5.60. The quantitative estimate of drug-likeness (QED) is 0.442. The predicted octanol–water partition coefficient (Wildman–Crippen LogP) is 6.13. The second-order valence-corrected chi connectivity index (χ2v) is 10.3. The van der Waals surface area contributed by atoms with Crippen LogP contribution in [-0.2, 0) is 0 Å². The molecule has 2 aliphatic rings. The fourth-order valence-corrected chi connectivity index (χ4v) is 5.88. The number of anilines is 1. The summed E-state index contributed by atoms with van der Waals surface area (Å²) < 4.78 is 8.10. The molecule has 34 heavy (non-hydrogen) atoms. The highest BCUT2D eigenvalue weighted by molar-refractivity contribution is 7.13. The van der Waals surface area contributed by atoms with E-state index >= 15 is 0 Å². The van der Waals surface area contributed by atoms with E-state index in [2.05, 4.69) is 32.3 Å². The van der Waals surface area contributed by atoms with E-state index in [1.807, 2.05) is 28.3 Å². The van der Waals surface area contributed by atoms with Gasteiger partial charge >= 0.3 is 6.03 Å². The van der Waals surface area contributed by atoms with Crippen LogP contribution in [0.5, 0.6) is 5.75 Å². The maximum atomic E-state index is 13.3. The number of imidazole rings is 1. The topological polar surface area (TPSA) is 72.3 Å². The number of carbonyl (C=O) groups is 1. The van der Waals surface area contributed by atoms with Gasteiger partial charge in [-0.05, 0) is 68.7 Å². The van der Waals surface area contributed by atoms with Crippen LogP contribution in [0.2, 0.25) is 0 Å². The Morgan fingerprint density at radius 3 is 2.47 bits per heavy atom. The third-order valence-corrected chi connectivity index (χ3v) is 7.87. The summed E-state index contributed by atoms with van der Waals surface area (Å²) in [4.78, 5) is 23.8. The molecule has 1 aromatic carbocycles. The molecule has 0 unspecified atom stereocenters. The number of nitrogens with one attached hydrogen (secondary N) is 1. The average molecular weight is 480 g/mol. The van der Waals surface area contributed by atoms with E-state index < -0.39 is 0 Å². The maximum absolute atomic E-state index is 13.3. The minimum atomic E-state index is 0.0273. The molecule has 2 saturated carbocycles. The lowest BCUT2D eigenvalue weighted by atomic mass is 9.84. The first-order valence-corrected chi connectivity index (χ1v) is 13.3. The molecule has 0 saturated heterocycles. The molecule has 0 atom stereocenters. The fraction of sp³-hybridized carbons (Fsp3) is 0.500. The third-order valence-electron chi connectivity index (χ3n) is 7.18. The molecule has 2 aromatic heterocycles. The van der Waals surface area contributed by atoms with E-state index in [9.17, 15) is 4.79 Å². The molecule has 180 valence electrons. The average Bonchev–Trinajstić information content (AvgIpc) is 3.60. The van der Waals surface area contributed by atoms with Crippen LogP contribution in [0.3, 0.4) is 0 Å². The second kappa shape index (κ2) is 11.0. The molecule has 3 aromatic rings. The van der Waals surface area contributed by atoms with Gasteiger partial charge in [-0.1, -0.05) is 19.3 Å². The van der Waals surface area contributed by atoms with Crippen LogP contribution < -0.4 is 10.1 Å². The number of thiazole rings is 1. The number of aromatic nitrogens is 3. The molecule has 5 rings (SSSR count).